The molecule has 0 aliphatic heterocycles. The molecule has 0 bridgehead atoms. The van der Waals surface area contributed by atoms with E-state index in [1.54, 1.807) is 24.3 Å². The third kappa shape index (κ3) is 4.85. The number of benzene rings is 2. The van der Waals surface area contributed by atoms with Crippen molar-refractivity contribution in [3.8, 4) is 11.8 Å². The van der Waals surface area contributed by atoms with Crippen molar-refractivity contribution < 1.29 is 14.3 Å². The van der Waals surface area contributed by atoms with Gasteiger partial charge in [0.15, 0.2) is 0 Å². The molecule has 0 aliphatic rings. The maximum absolute atomic E-state index is 11.6. The Hall–Kier alpha value is -2.77. The van der Waals surface area contributed by atoms with E-state index in [1.165, 1.54) is 13.2 Å². The minimum absolute atomic E-state index is 0.0426. The molecule has 0 spiro atoms. The SMILES string of the molecule is COC(=O)C(C#N)=Cc1cc(COc2ccc(Cl)cc2)c(C)cc1C. The molecule has 0 fully saturated rings. The third-order valence-electron chi connectivity index (χ3n) is 3.76. The Kier molecular flexibility index (Phi) is 6.21. The van der Waals surface area contributed by atoms with Crippen molar-refractivity contribution in [3.05, 3.63) is 69.2 Å². The number of ether oxygens (including phenoxy) is 2. The first-order valence-electron chi connectivity index (χ1n) is 7.63. The Bertz CT molecular complexity index is 848. The minimum atomic E-state index is -0.651. The summed E-state index contributed by atoms with van der Waals surface area (Å²) in [5.41, 5.74) is 3.74. The number of esters is 1. The van der Waals surface area contributed by atoms with Gasteiger partial charge < -0.3 is 9.47 Å². The number of aryl methyl sites for hydroxylation is 2. The smallest absolute Gasteiger partial charge is 0.348 e. The van der Waals surface area contributed by atoms with Gasteiger partial charge in [-0.15, -0.1) is 0 Å². The van der Waals surface area contributed by atoms with Crippen LogP contribution in [0.15, 0.2) is 42.0 Å². The number of methoxy groups -OCH3 is 1. The molecule has 2 aromatic rings. The zero-order valence-corrected chi connectivity index (χ0v) is 15.1. The normalized spacial score (nSPS) is 10.9. The molecule has 0 aromatic heterocycles. The molecule has 0 saturated heterocycles. The molecule has 4 nitrogen and oxygen atoms in total. The van der Waals surface area contributed by atoms with Crippen molar-refractivity contribution in [1.29, 1.82) is 5.26 Å². The third-order valence-corrected chi connectivity index (χ3v) is 4.01. The number of carbonyl (C=O) groups is 1. The summed E-state index contributed by atoms with van der Waals surface area (Å²) >= 11 is 5.87. The highest BCUT2D eigenvalue weighted by Gasteiger charge is 2.11. The fourth-order valence-corrected chi connectivity index (χ4v) is 2.45. The van der Waals surface area contributed by atoms with E-state index in [4.69, 9.17) is 21.6 Å². The van der Waals surface area contributed by atoms with E-state index in [-0.39, 0.29) is 5.57 Å². The highest BCUT2D eigenvalue weighted by Crippen LogP contribution is 2.22. The maximum atomic E-state index is 11.6. The predicted octanol–water partition coefficient (Wildman–Crippen LogP) is 4.62. The maximum Gasteiger partial charge on any atom is 0.348 e. The minimum Gasteiger partial charge on any atom is -0.489 e. The van der Waals surface area contributed by atoms with Crippen LogP contribution in [-0.4, -0.2) is 13.1 Å². The largest absolute Gasteiger partial charge is 0.489 e. The van der Waals surface area contributed by atoms with Gasteiger partial charge in [-0.1, -0.05) is 17.7 Å². The average molecular weight is 356 g/mol. The van der Waals surface area contributed by atoms with E-state index in [1.807, 2.05) is 32.0 Å². The number of halogens is 1. The van der Waals surface area contributed by atoms with Crippen LogP contribution in [0.4, 0.5) is 0 Å². The Labute approximate surface area is 152 Å². The van der Waals surface area contributed by atoms with E-state index in [0.717, 1.165) is 22.3 Å². The van der Waals surface area contributed by atoms with Crippen LogP contribution in [0.2, 0.25) is 5.02 Å². The van der Waals surface area contributed by atoms with Crippen LogP contribution in [0, 0.1) is 25.2 Å². The topological polar surface area (TPSA) is 59.3 Å². The van der Waals surface area contributed by atoms with Gasteiger partial charge in [-0.2, -0.15) is 5.26 Å². The number of hydrogen-bond acceptors (Lipinski definition) is 4. The monoisotopic (exact) mass is 355 g/mol. The highest BCUT2D eigenvalue weighted by atomic mass is 35.5. The first kappa shape index (κ1) is 18.6. The lowest BCUT2D eigenvalue weighted by Crippen LogP contribution is -2.04. The van der Waals surface area contributed by atoms with Crippen molar-refractivity contribution in [2.45, 2.75) is 20.5 Å². The fraction of sp³-hybridized carbons (Fsp3) is 0.200. The Morgan fingerprint density at radius 2 is 1.88 bits per heavy atom. The van der Waals surface area contributed by atoms with Gasteiger partial charge in [-0.05, 0) is 72.5 Å². The number of nitrogens with zero attached hydrogens (tertiary/aromatic N) is 1. The average Bonchev–Trinajstić information content (AvgIpc) is 2.61. The van der Waals surface area contributed by atoms with Crippen LogP contribution < -0.4 is 4.74 Å². The van der Waals surface area contributed by atoms with Crippen LogP contribution >= 0.6 is 11.6 Å². The zero-order chi connectivity index (χ0) is 18.4. The van der Waals surface area contributed by atoms with Gasteiger partial charge in [-0.25, -0.2) is 4.79 Å². The summed E-state index contributed by atoms with van der Waals surface area (Å²) in [7, 11) is 1.25. The second kappa shape index (κ2) is 8.36. The number of carbonyl (C=O) groups excluding carboxylic acids is 1. The molecule has 2 aromatic carbocycles. The van der Waals surface area contributed by atoms with Gasteiger partial charge >= 0.3 is 5.97 Å². The highest BCUT2D eigenvalue weighted by molar-refractivity contribution is 6.30. The summed E-state index contributed by atoms with van der Waals surface area (Å²) in [6, 6.07) is 12.9. The van der Waals surface area contributed by atoms with Crippen LogP contribution in [0.5, 0.6) is 5.75 Å². The molecule has 5 heteroatoms. The molecule has 0 aliphatic carbocycles. The van der Waals surface area contributed by atoms with E-state index in [2.05, 4.69) is 4.74 Å². The lowest BCUT2D eigenvalue weighted by atomic mass is 9.98. The predicted molar refractivity (Wildman–Crippen MR) is 97.3 cm³/mol. The quantitative estimate of drug-likeness (QED) is 0.446. The van der Waals surface area contributed by atoms with E-state index in [0.29, 0.717) is 17.4 Å². The van der Waals surface area contributed by atoms with Gasteiger partial charge in [-0.3, -0.25) is 0 Å². The van der Waals surface area contributed by atoms with Crippen LogP contribution in [0.3, 0.4) is 0 Å². The summed E-state index contributed by atoms with van der Waals surface area (Å²) in [6.45, 7) is 4.29. The fourth-order valence-electron chi connectivity index (χ4n) is 2.32. The zero-order valence-electron chi connectivity index (χ0n) is 14.3. The van der Waals surface area contributed by atoms with Crippen molar-refractivity contribution >= 4 is 23.6 Å². The summed E-state index contributed by atoms with van der Waals surface area (Å²) in [4.78, 5) is 11.6. The van der Waals surface area contributed by atoms with Crippen molar-refractivity contribution in [2.75, 3.05) is 7.11 Å². The molecular weight excluding hydrogens is 338 g/mol. The van der Waals surface area contributed by atoms with Crippen LogP contribution in [-0.2, 0) is 16.1 Å². The van der Waals surface area contributed by atoms with Crippen molar-refractivity contribution in [2.24, 2.45) is 0 Å². The molecule has 128 valence electrons. The van der Waals surface area contributed by atoms with Gasteiger partial charge in [0, 0.05) is 5.02 Å². The first-order valence-corrected chi connectivity index (χ1v) is 8.01. The van der Waals surface area contributed by atoms with E-state index < -0.39 is 5.97 Å². The van der Waals surface area contributed by atoms with Gasteiger partial charge in [0.25, 0.3) is 0 Å². The summed E-state index contributed by atoms with van der Waals surface area (Å²) < 4.78 is 10.4. The number of nitriles is 1. The lowest BCUT2D eigenvalue weighted by molar-refractivity contribution is -0.135. The van der Waals surface area contributed by atoms with Crippen LogP contribution in [0.25, 0.3) is 6.08 Å². The van der Waals surface area contributed by atoms with Gasteiger partial charge in [0.05, 0.1) is 7.11 Å². The molecule has 0 radical (unpaired) electrons. The van der Waals surface area contributed by atoms with Crippen LogP contribution in [0.1, 0.15) is 22.3 Å². The second-order valence-electron chi connectivity index (χ2n) is 5.54. The first-order chi connectivity index (χ1) is 11.9. The number of hydrogen-bond donors (Lipinski definition) is 0. The molecule has 0 amide bonds. The molecule has 0 heterocycles. The summed E-state index contributed by atoms with van der Waals surface area (Å²) in [5.74, 6) is 0.0650. The molecule has 2 rings (SSSR count). The molecule has 25 heavy (non-hydrogen) atoms. The number of rotatable bonds is 5. The Morgan fingerprint density at radius 1 is 1.20 bits per heavy atom. The lowest BCUT2D eigenvalue weighted by Gasteiger charge is -2.12. The molecule has 0 unspecified atom stereocenters. The van der Waals surface area contributed by atoms with E-state index >= 15 is 0 Å². The molecule has 0 N–H and O–H groups in total. The Balaban J connectivity index is 2.28. The summed E-state index contributed by atoms with van der Waals surface area (Å²) in [6.07, 6.45) is 1.53. The molecular formula is C20H18ClNO3. The van der Waals surface area contributed by atoms with Crippen molar-refractivity contribution in [1.82, 2.24) is 0 Å². The second-order valence-corrected chi connectivity index (χ2v) is 5.98. The van der Waals surface area contributed by atoms with Crippen molar-refractivity contribution in [3.63, 3.8) is 0 Å². The standard InChI is InChI=1S/C20H18ClNO3/c1-13-8-14(2)17(12-25-19-6-4-18(21)5-7-19)10-15(13)9-16(11-22)20(23)24-3/h4-10H,12H2,1-3H3. The summed E-state index contributed by atoms with van der Waals surface area (Å²) in [5, 5.41) is 9.77. The van der Waals surface area contributed by atoms with E-state index in [9.17, 15) is 4.79 Å². The van der Waals surface area contributed by atoms with Gasteiger partial charge in [0.1, 0.15) is 24.0 Å². The molecule has 0 saturated carbocycles. The van der Waals surface area contributed by atoms with Gasteiger partial charge in [0.2, 0.25) is 0 Å². The molecule has 0 atom stereocenters. The Morgan fingerprint density at radius 3 is 2.48 bits per heavy atom.